The molecule has 0 radical (unpaired) electrons. The summed E-state index contributed by atoms with van der Waals surface area (Å²) in [5, 5.41) is 0. The molecule has 2 fully saturated rings. The lowest BCUT2D eigenvalue weighted by Crippen LogP contribution is -2.60. The van der Waals surface area contributed by atoms with Crippen LogP contribution in [0.5, 0.6) is 0 Å². The summed E-state index contributed by atoms with van der Waals surface area (Å²) in [6, 6.07) is 0. The van der Waals surface area contributed by atoms with Crippen LogP contribution in [0.4, 0.5) is 0 Å². The fourth-order valence-corrected chi connectivity index (χ4v) is 4.12. The van der Waals surface area contributed by atoms with Crippen molar-refractivity contribution in [1.82, 2.24) is 29.4 Å². The van der Waals surface area contributed by atoms with Gasteiger partial charge in [-0.1, -0.05) is 20.8 Å². The number of nitrogens with zero attached hydrogens (tertiary/aromatic N) is 6. The summed E-state index contributed by atoms with van der Waals surface area (Å²) >= 11 is 0. The zero-order chi connectivity index (χ0) is 26.4. The average molecular weight is 495 g/mol. The summed E-state index contributed by atoms with van der Waals surface area (Å²) in [5.74, 6) is -2.08. The van der Waals surface area contributed by atoms with Crippen LogP contribution >= 0.6 is 0 Å². The molecule has 0 spiro atoms. The number of carbonyl (C=O) groups is 6. The Labute approximate surface area is 206 Å². The minimum absolute atomic E-state index is 0.0701. The van der Waals surface area contributed by atoms with Crippen LogP contribution in [-0.2, 0) is 28.8 Å². The molecule has 12 heteroatoms. The Bertz CT molecular complexity index is 839. The lowest BCUT2D eigenvalue weighted by atomic mass is 9.98. The monoisotopic (exact) mass is 494 g/mol. The van der Waals surface area contributed by atoms with Crippen LogP contribution in [0, 0.1) is 11.8 Å². The molecule has 6 amide bonds. The lowest BCUT2D eigenvalue weighted by Gasteiger charge is -2.43. The Morgan fingerprint density at radius 2 is 0.971 bits per heavy atom. The molecule has 2 rings (SSSR count). The molecule has 0 bridgehead atoms. The van der Waals surface area contributed by atoms with Crippen molar-refractivity contribution in [3.8, 4) is 0 Å². The Kier molecular flexibility index (Phi) is 9.61. The van der Waals surface area contributed by atoms with Gasteiger partial charge < -0.3 is 29.4 Å². The molecule has 12 nitrogen and oxygen atoms in total. The summed E-state index contributed by atoms with van der Waals surface area (Å²) in [6.07, 6.45) is 0.833. The second kappa shape index (κ2) is 12.0. The predicted molar refractivity (Wildman–Crippen MR) is 125 cm³/mol. The van der Waals surface area contributed by atoms with Gasteiger partial charge in [-0.15, -0.1) is 0 Å². The van der Waals surface area contributed by atoms with E-state index in [4.69, 9.17) is 0 Å². The van der Waals surface area contributed by atoms with Crippen LogP contribution in [0.1, 0.15) is 60.8 Å². The molecule has 0 aromatic carbocycles. The Balaban J connectivity index is 2.06. The zero-order valence-corrected chi connectivity index (χ0v) is 21.7. The SMILES string of the molecule is CCC(CCC(=O)N1CN(C(C)=O)CN(C(C)=O)C1)C(=O)N1CN(C(C)=O)CN(C(=O)C(C)C)C1. The van der Waals surface area contributed by atoms with Crippen molar-refractivity contribution in [2.24, 2.45) is 11.8 Å². The van der Waals surface area contributed by atoms with Crippen LogP contribution in [0.25, 0.3) is 0 Å². The molecule has 0 aromatic heterocycles. The van der Waals surface area contributed by atoms with Gasteiger partial charge in [0.15, 0.2) is 0 Å². The Hall–Kier alpha value is -3.18. The lowest BCUT2D eigenvalue weighted by molar-refractivity contribution is -0.161. The molecule has 0 aromatic rings. The van der Waals surface area contributed by atoms with Gasteiger partial charge in [0.05, 0.1) is 40.0 Å². The highest BCUT2D eigenvalue weighted by Gasteiger charge is 2.35. The summed E-state index contributed by atoms with van der Waals surface area (Å²) < 4.78 is 0. The highest BCUT2D eigenvalue weighted by molar-refractivity contribution is 5.84. The molecule has 0 saturated carbocycles. The molecule has 2 saturated heterocycles. The highest BCUT2D eigenvalue weighted by Crippen LogP contribution is 2.20. The van der Waals surface area contributed by atoms with Gasteiger partial charge in [-0.05, 0) is 12.8 Å². The first-order valence-electron chi connectivity index (χ1n) is 12.0. The van der Waals surface area contributed by atoms with E-state index in [0.29, 0.717) is 6.42 Å². The van der Waals surface area contributed by atoms with Crippen LogP contribution in [0.2, 0.25) is 0 Å². The van der Waals surface area contributed by atoms with Gasteiger partial charge >= 0.3 is 0 Å². The Morgan fingerprint density at radius 3 is 1.37 bits per heavy atom. The fourth-order valence-electron chi connectivity index (χ4n) is 4.12. The van der Waals surface area contributed by atoms with Gasteiger partial charge in [0, 0.05) is 39.0 Å². The van der Waals surface area contributed by atoms with Gasteiger partial charge in [0.25, 0.3) is 0 Å². The van der Waals surface area contributed by atoms with E-state index in [-0.39, 0.29) is 94.2 Å². The molecule has 1 atom stereocenters. The molecular weight excluding hydrogens is 456 g/mol. The normalized spacial score (nSPS) is 17.6. The third-order valence-corrected chi connectivity index (χ3v) is 6.40. The number of carbonyl (C=O) groups excluding carboxylic acids is 6. The van der Waals surface area contributed by atoms with E-state index in [0.717, 1.165) is 0 Å². The molecule has 2 aliphatic heterocycles. The number of hydrogen-bond donors (Lipinski definition) is 0. The van der Waals surface area contributed by atoms with Gasteiger partial charge in [-0.25, -0.2) is 0 Å². The number of hydrogen-bond acceptors (Lipinski definition) is 6. The zero-order valence-electron chi connectivity index (χ0n) is 21.7. The second-order valence-electron chi connectivity index (χ2n) is 9.51. The number of rotatable bonds is 6. The minimum atomic E-state index is -0.473. The summed E-state index contributed by atoms with van der Waals surface area (Å²) in [5.41, 5.74) is 0. The predicted octanol–water partition coefficient (Wildman–Crippen LogP) is 0.252. The van der Waals surface area contributed by atoms with Crippen molar-refractivity contribution in [1.29, 1.82) is 0 Å². The smallest absolute Gasteiger partial charge is 0.228 e. The summed E-state index contributed by atoms with van der Waals surface area (Å²) in [4.78, 5) is 83.2. The Morgan fingerprint density at radius 1 is 0.600 bits per heavy atom. The minimum Gasteiger partial charge on any atom is -0.307 e. The third-order valence-electron chi connectivity index (χ3n) is 6.40. The van der Waals surface area contributed by atoms with E-state index in [1.54, 1.807) is 13.8 Å². The van der Waals surface area contributed by atoms with Gasteiger partial charge in [-0.2, -0.15) is 0 Å². The van der Waals surface area contributed by atoms with Crippen LogP contribution in [-0.4, -0.2) is 105 Å². The van der Waals surface area contributed by atoms with Crippen molar-refractivity contribution in [3.63, 3.8) is 0 Å². The standard InChI is InChI=1S/C23H38N6O6/c1-7-20(8-9-21(33)27-11-24(17(4)30)10-25(12-27)18(5)31)23(35)29-14-26(19(6)32)13-28(15-29)22(34)16(2)3/h16,20H,7-15H2,1-6H3. The van der Waals surface area contributed by atoms with Crippen molar-refractivity contribution >= 4 is 35.4 Å². The third kappa shape index (κ3) is 7.15. The maximum absolute atomic E-state index is 13.3. The second-order valence-corrected chi connectivity index (χ2v) is 9.51. The van der Waals surface area contributed by atoms with Gasteiger partial charge in [0.2, 0.25) is 35.4 Å². The molecule has 2 aliphatic rings. The van der Waals surface area contributed by atoms with E-state index < -0.39 is 5.92 Å². The van der Waals surface area contributed by atoms with Crippen LogP contribution in [0.15, 0.2) is 0 Å². The number of amides is 6. The van der Waals surface area contributed by atoms with Crippen LogP contribution < -0.4 is 0 Å². The van der Waals surface area contributed by atoms with Gasteiger partial charge in [0.1, 0.15) is 0 Å². The van der Waals surface area contributed by atoms with Crippen molar-refractivity contribution in [3.05, 3.63) is 0 Å². The van der Waals surface area contributed by atoms with Crippen molar-refractivity contribution < 1.29 is 28.8 Å². The van der Waals surface area contributed by atoms with E-state index >= 15 is 0 Å². The molecule has 196 valence electrons. The maximum atomic E-state index is 13.3. The molecular formula is C23H38N6O6. The molecule has 1 unspecified atom stereocenters. The quantitative estimate of drug-likeness (QED) is 0.522. The summed E-state index contributed by atoms with van der Waals surface area (Å²) in [7, 11) is 0. The average Bonchev–Trinajstić information content (AvgIpc) is 2.82. The van der Waals surface area contributed by atoms with E-state index in [9.17, 15) is 28.8 Å². The highest BCUT2D eigenvalue weighted by atomic mass is 16.2. The molecule has 0 aliphatic carbocycles. The molecule has 35 heavy (non-hydrogen) atoms. The molecule has 0 N–H and O–H groups in total. The van der Waals surface area contributed by atoms with Crippen LogP contribution in [0.3, 0.4) is 0 Å². The first-order chi connectivity index (χ1) is 16.3. The van der Waals surface area contributed by atoms with Crippen molar-refractivity contribution in [2.75, 3.05) is 40.0 Å². The van der Waals surface area contributed by atoms with E-state index in [1.807, 2.05) is 6.92 Å². The largest absolute Gasteiger partial charge is 0.307 e. The van der Waals surface area contributed by atoms with E-state index in [2.05, 4.69) is 0 Å². The molecule has 2 heterocycles. The first-order valence-corrected chi connectivity index (χ1v) is 12.0. The van der Waals surface area contributed by atoms with Gasteiger partial charge in [-0.3, -0.25) is 28.8 Å². The first kappa shape index (κ1) is 28.1. The fraction of sp³-hybridized carbons (Fsp3) is 0.739. The van der Waals surface area contributed by atoms with E-state index in [1.165, 1.54) is 50.2 Å². The topological polar surface area (TPSA) is 122 Å². The summed E-state index contributed by atoms with van der Waals surface area (Å²) in [6.45, 7) is 10.2. The maximum Gasteiger partial charge on any atom is 0.228 e. The van der Waals surface area contributed by atoms with Crippen molar-refractivity contribution in [2.45, 2.75) is 60.8 Å².